The van der Waals surface area contributed by atoms with Gasteiger partial charge in [0.25, 0.3) is 0 Å². The molecule has 1 unspecified atom stereocenters. The summed E-state index contributed by atoms with van der Waals surface area (Å²) in [5, 5.41) is 0. The van der Waals surface area contributed by atoms with E-state index in [9.17, 15) is 17.6 Å². The van der Waals surface area contributed by atoms with Crippen molar-refractivity contribution in [1.29, 1.82) is 0 Å². The summed E-state index contributed by atoms with van der Waals surface area (Å²) in [6, 6.07) is 5.69. The van der Waals surface area contributed by atoms with Crippen molar-refractivity contribution in [3.05, 3.63) is 30.1 Å². The minimum atomic E-state index is -4.37. The van der Waals surface area contributed by atoms with Crippen LogP contribution in [0.15, 0.2) is 24.3 Å². The molecule has 96 valence electrons. The molecule has 0 aliphatic heterocycles. The molecule has 0 saturated carbocycles. The molecule has 1 aromatic rings. The van der Waals surface area contributed by atoms with Crippen LogP contribution in [0, 0.1) is 11.7 Å². The minimum absolute atomic E-state index is 0.134. The van der Waals surface area contributed by atoms with Gasteiger partial charge < -0.3 is 10.6 Å². The summed E-state index contributed by atoms with van der Waals surface area (Å²) in [7, 11) is 1.41. The van der Waals surface area contributed by atoms with Crippen molar-refractivity contribution in [2.75, 3.05) is 25.0 Å². The molecule has 0 heterocycles. The Morgan fingerprint density at radius 1 is 1.29 bits per heavy atom. The molecule has 2 N–H and O–H groups in total. The molecule has 1 atom stereocenters. The second kappa shape index (κ2) is 5.35. The highest BCUT2D eigenvalue weighted by molar-refractivity contribution is 5.46. The monoisotopic (exact) mass is 250 g/mol. The number of nitrogens with two attached hydrogens (primary N) is 1. The van der Waals surface area contributed by atoms with Crippen LogP contribution in [0.3, 0.4) is 0 Å². The Bertz CT molecular complexity index is 365. The van der Waals surface area contributed by atoms with Crippen molar-refractivity contribution in [3.63, 3.8) is 0 Å². The van der Waals surface area contributed by atoms with Gasteiger partial charge in [0.2, 0.25) is 0 Å². The van der Waals surface area contributed by atoms with Gasteiger partial charge in [-0.3, -0.25) is 0 Å². The van der Waals surface area contributed by atoms with Gasteiger partial charge in [-0.05, 0) is 12.1 Å². The van der Waals surface area contributed by atoms with Gasteiger partial charge in [0.05, 0.1) is 11.6 Å². The highest BCUT2D eigenvalue weighted by Gasteiger charge is 2.39. The van der Waals surface area contributed by atoms with Crippen LogP contribution < -0.4 is 10.6 Å². The molecule has 6 heteroatoms. The van der Waals surface area contributed by atoms with Gasteiger partial charge in [0.15, 0.2) is 0 Å². The molecular formula is C11H14F4N2. The first kappa shape index (κ1) is 13.8. The van der Waals surface area contributed by atoms with E-state index in [0.717, 1.165) is 0 Å². The number of alkyl halides is 3. The highest BCUT2D eigenvalue weighted by atomic mass is 19.4. The Hall–Kier alpha value is -1.30. The Labute approximate surface area is 97.0 Å². The van der Waals surface area contributed by atoms with Gasteiger partial charge in [-0.25, -0.2) is 4.39 Å². The van der Waals surface area contributed by atoms with Crippen LogP contribution in [-0.2, 0) is 0 Å². The van der Waals surface area contributed by atoms with Crippen molar-refractivity contribution < 1.29 is 17.6 Å². The summed E-state index contributed by atoms with van der Waals surface area (Å²) in [6.07, 6.45) is -4.37. The normalized spacial score (nSPS) is 13.5. The summed E-state index contributed by atoms with van der Waals surface area (Å²) in [4.78, 5) is 1.22. The lowest BCUT2D eigenvalue weighted by Gasteiger charge is -2.26. The van der Waals surface area contributed by atoms with Crippen molar-refractivity contribution >= 4 is 5.69 Å². The molecule has 0 aromatic heterocycles. The third kappa shape index (κ3) is 3.59. The first-order valence-electron chi connectivity index (χ1n) is 5.08. The zero-order valence-electron chi connectivity index (χ0n) is 9.34. The van der Waals surface area contributed by atoms with E-state index in [1.807, 2.05) is 0 Å². The number of rotatable bonds is 4. The molecule has 0 bridgehead atoms. The summed E-state index contributed by atoms with van der Waals surface area (Å²) < 4.78 is 50.8. The van der Waals surface area contributed by atoms with Crippen molar-refractivity contribution in [2.45, 2.75) is 6.18 Å². The SMILES string of the molecule is CN(CC(CN)C(F)(F)F)c1ccccc1F. The van der Waals surface area contributed by atoms with Gasteiger partial charge in [-0.15, -0.1) is 0 Å². The lowest BCUT2D eigenvalue weighted by molar-refractivity contribution is -0.168. The van der Waals surface area contributed by atoms with Crippen LogP contribution in [0.25, 0.3) is 0 Å². The maximum Gasteiger partial charge on any atom is 0.394 e. The lowest BCUT2D eigenvalue weighted by atomic mass is 10.1. The average Bonchev–Trinajstić information content (AvgIpc) is 2.24. The third-order valence-corrected chi connectivity index (χ3v) is 2.51. The predicted molar refractivity (Wildman–Crippen MR) is 58.3 cm³/mol. The van der Waals surface area contributed by atoms with Crippen LogP contribution in [0.5, 0.6) is 0 Å². The van der Waals surface area contributed by atoms with Crippen LogP contribution in [0.2, 0.25) is 0 Å². The standard InChI is InChI=1S/C11H14F4N2/c1-17(7-8(6-16)11(13,14)15)10-5-3-2-4-9(10)12/h2-5,8H,6-7,16H2,1H3. The molecule has 0 radical (unpaired) electrons. The molecule has 0 saturated heterocycles. The van der Waals surface area contributed by atoms with E-state index >= 15 is 0 Å². The number of para-hydroxylation sites is 1. The molecule has 1 rings (SSSR count). The smallest absolute Gasteiger partial charge is 0.372 e. The van der Waals surface area contributed by atoms with Crippen LogP contribution in [0.1, 0.15) is 0 Å². The average molecular weight is 250 g/mol. The Morgan fingerprint density at radius 3 is 2.35 bits per heavy atom. The molecule has 17 heavy (non-hydrogen) atoms. The lowest BCUT2D eigenvalue weighted by Crippen LogP contribution is -2.39. The molecule has 0 aliphatic rings. The van der Waals surface area contributed by atoms with Crippen molar-refractivity contribution in [2.24, 2.45) is 11.7 Å². The zero-order chi connectivity index (χ0) is 13.1. The molecule has 0 spiro atoms. The maximum absolute atomic E-state index is 13.3. The quantitative estimate of drug-likeness (QED) is 0.831. The summed E-state index contributed by atoms with van der Waals surface area (Å²) in [5.74, 6) is -2.21. The third-order valence-electron chi connectivity index (χ3n) is 2.51. The molecule has 0 aliphatic carbocycles. The Kier molecular flexibility index (Phi) is 4.34. The van der Waals surface area contributed by atoms with Gasteiger partial charge in [-0.2, -0.15) is 13.2 Å². The van der Waals surface area contributed by atoms with E-state index in [0.29, 0.717) is 0 Å². The summed E-state index contributed by atoms with van der Waals surface area (Å²) in [5.41, 5.74) is 5.22. The summed E-state index contributed by atoms with van der Waals surface area (Å²) in [6.45, 7) is -0.872. The van der Waals surface area contributed by atoms with Crippen molar-refractivity contribution in [1.82, 2.24) is 0 Å². The van der Waals surface area contributed by atoms with Gasteiger partial charge >= 0.3 is 6.18 Å². The number of benzene rings is 1. The largest absolute Gasteiger partial charge is 0.394 e. The van der Waals surface area contributed by atoms with Crippen LogP contribution in [0.4, 0.5) is 23.2 Å². The number of halogens is 4. The Morgan fingerprint density at radius 2 is 1.88 bits per heavy atom. The predicted octanol–water partition coefficient (Wildman–Crippen LogP) is 2.40. The fraction of sp³-hybridized carbons (Fsp3) is 0.455. The maximum atomic E-state index is 13.3. The van der Waals surface area contributed by atoms with Crippen LogP contribution >= 0.6 is 0 Å². The second-order valence-corrected chi connectivity index (χ2v) is 3.81. The van der Waals surface area contributed by atoms with E-state index < -0.39 is 24.5 Å². The van der Waals surface area contributed by atoms with Crippen molar-refractivity contribution in [3.8, 4) is 0 Å². The molecule has 1 aromatic carbocycles. The highest BCUT2D eigenvalue weighted by Crippen LogP contribution is 2.27. The Balaban J connectivity index is 2.78. The number of hydrogen-bond acceptors (Lipinski definition) is 2. The second-order valence-electron chi connectivity index (χ2n) is 3.81. The van der Waals surface area contributed by atoms with E-state index in [2.05, 4.69) is 0 Å². The fourth-order valence-electron chi connectivity index (χ4n) is 1.50. The van der Waals surface area contributed by atoms with Gasteiger partial charge in [-0.1, -0.05) is 12.1 Å². The first-order chi connectivity index (χ1) is 7.86. The van der Waals surface area contributed by atoms with E-state index in [1.165, 1.54) is 30.1 Å². The topological polar surface area (TPSA) is 29.3 Å². The molecule has 0 amide bonds. The van der Waals surface area contributed by atoms with E-state index in [4.69, 9.17) is 5.73 Å². The molecule has 0 fully saturated rings. The zero-order valence-corrected chi connectivity index (χ0v) is 9.34. The van der Waals surface area contributed by atoms with E-state index in [1.54, 1.807) is 6.07 Å². The first-order valence-corrected chi connectivity index (χ1v) is 5.08. The fourth-order valence-corrected chi connectivity index (χ4v) is 1.50. The number of anilines is 1. The molecular weight excluding hydrogens is 236 g/mol. The van der Waals surface area contributed by atoms with Gasteiger partial charge in [0, 0.05) is 20.1 Å². The number of nitrogens with zero attached hydrogens (tertiary/aromatic N) is 1. The summed E-state index contributed by atoms with van der Waals surface area (Å²) >= 11 is 0. The van der Waals surface area contributed by atoms with Crippen LogP contribution in [-0.4, -0.2) is 26.3 Å². The number of hydrogen-bond donors (Lipinski definition) is 1. The van der Waals surface area contributed by atoms with Gasteiger partial charge in [0.1, 0.15) is 5.82 Å². The molecule has 2 nitrogen and oxygen atoms in total. The van der Waals surface area contributed by atoms with E-state index in [-0.39, 0.29) is 12.2 Å². The minimum Gasteiger partial charge on any atom is -0.372 e.